The number of hydrogen-bond acceptors (Lipinski definition) is 10. The highest BCUT2D eigenvalue weighted by atomic mass is 16.7. The lowest BCUT2D eigenvalue weighted by Gasteiger charge is -2.40. The molecule has 344 valence electrons. The van der Waals surface area contributed by atoms with E-state index in [9.17, 15) is 40.5 Å². The molecular formula is C47H91NO10. The van der Waals surface area contributed by atoms with Gasteiger partial charge in [0.25, 0.3) is 0 Å². The number of aliphatic hydroxyl groups is 7. The maximum Gasteiger partial charge on any atom is 0.249 e. The molecule has 0 radical (unpaired) electrons. The van der Waals surface area contributed by atoms with Crippen molar-refractivity contribution in [2.45, 2.75) is 268 Å². The molecule has 0 aromatic rings. The lowest BCUT2D eigenvalue weighted by atomic mass is 9.98. The van der Waals surface area contributed by atoms with E-state index in [0.717, 1.165) is 57.8 Å². The quantitative estimate of drug-likeness (QED) is 0.0222. The van der Waals surface area contributed by atoms with Gasteiger partial charge in [0.2, 0.25) is 5.91 Å². The van der Waals surface area contributed by atoms with Crippen LogP contribution in [-0.2, 0) is 14.3 Å². The van der Waals surface area contributed by atoms with E-state index >= 15 is 0 Å². The predicted molar refractivity (Wildman–Crippen MR) is 233 cm³/mol. The molecule has 0 aromatic carbocycles. The van der Waals surface area contributed by atoms with Crippen molar-refractivity contribution >= 4 is 5.91 Å². The van der Waals surface area contributed by atoms with Crippen LogP contribution in [0.15, 0.2) is 12.2 Å². The molecule has 9 unspecified atom stereocenters. The van der Waals surface area contributed by atoms with E-state index in [1.807, 2.05) is 0 Å². The van der Waals surface area contributed by atoms with Gasteiger partial charge in [-0.2, -0.15) is 0 Å². The van der Waals surface area contributed by atoms with Crippen LogP contribution in [0.5, 0.6) is 0 Å². The van der Waals surface area contributed by atoms with Gasteiger partial charge in [0.15, 0.2) is 6.29 Å². The summed E-state index contributed by atoms with van der Waals surface area (Å²) < 4.78 is 11.1. The molecule has 0 bridgehead atoms. The third kappa shape index (κ3) is 26.9. The number of amides is 1. The lowest BCUT2D eigenvalue weighted by Crippen LogP contribution is -2.60. The third-order valence-corrected chi connectivity index (χ3v) is 11.8. The summed E-state index contributed by atoms with van der Waals surface area (Å²) in [7, 11) is 0. The molecule has 11 heteroatoms. The Balaban J connectivity index is 2.44. The molecule has 1 amide bonds. The second-order valence-corrected chi connectivity index (χ2v) is 17.2. The van der Waals surface area contributed by atoms with Gasteiger partial charge in [-0.3, -0.25) is 4.79 Å². The van der Waals surface area contributed by atoms with Crippen LogP contribution in [0.25, 0.3) is 0 Å². The number of ether oxygens (including phenoxy) is 2. The number of carbonyl (C=O) groups is 1. The number of nitrogens with one attached hydrogen (secondary N) is 1. The Bertz CT molecular complexity index is 954. The zero-order chi connectivity index (χ0) is 42.6. The summed E-state index contributed by atoms with van der Waals surface area (Å²) in [6.07, 6.45) is 28.2. The topological polar surface area (TPSA) is 189 Å². The average Bonchev–Trinajstić information content (AvgIpc) is 3.22. The second kappa shape index (κ2) is 37.6. The largest absolute Gasteiger partial charge is 0.394 e. The molecule has 58 heavy (non-hydrogen) atoms. The molecule has 1 heterocycles. The minimum absolute atomic E-state index is 0.255. The molecule has 0 aromatic heterocycles. The molecule has 1 saturated heterocycles. The Hall–Kier alpha value is -1.15. The van der Waals surface area contributed by atoms with Gasteiger partial charge in [-0.15, -0.1) is 0 Å². The van der Waals surface area contributed by atoms with Crippen molar-refractivity contribution in [3.05, 3.63) is 12.2 Å². The lowest BCUT2D eigenvalue weighted by molar-refractivity contribution is -0.303. The summed E-state index contributed by atoms with van der Waals surface area (Å²) in [6, 6.07) is -1.17. The fourth-order valence-corrected chi connectivity index (χ4v) is 7.79. The number of unbranched alkanes of at least 4 members (excludes halogenated alkanes) is 26. The highest BCUT2D eigenvalue weighted by molar-refractivity contribution is 5.80. The first-order valence-electron chi connectivity index (χ1n) is 24.1. The third-order valence-electron chi connectivity index (χ3n) is 11.8. The van der Waals surface area contributed by atoms with E-state index in [1.54, 1.807) is 0 Å². The molecule has 9 atom stereocenters. The summed E-state index contributed by atoms with van der Waals surface area (Å²) in [5, 5.41) is 75.7. The van der Waals surface area contributed by atoms with Crippen LogP contribution in [-0.4, -0.2) is 110 Å². The normalized spacial score (nSPS) is 22.0. The van der Waals surface area contributed by atoms with E-state index < -0.39 is 74.2 Å². The summed E-state index contributed by atoms with van der Waals surface area (Å²) in [5.41, 5.74) is 0. The van der Waals surface area contributed by atoms with Gasteiger partial charge in [-0.1, -0.05) is 187 Å². The molecule has 0 aliphatic carbocycles. The Morgan fingerprint density at radius 1 is 0.586 bits per heavy atom. The monoisotopic (exact) mass is 830 g/mol. The van der Waals surface area contributed by atoms with Gasteiger partial charge in [0, 0.05) is 0 Å². The molecule has 11 nitrogen and oxygen atoms in total. The zero-order valence-electron chi connectivity index (χ0n) is 37.0. The fraction of sp³-hybridized carbons (Fsp3) is 0.936. The fourth-order valence-electron chi connectivity index (χ4n) is 7.79. The molecule has 8 N–H and O–H groups in total. The van der Waals surface area contributed by atoms with E-state index in [1.165, 1.54) is 116 Å². The maximum absolute atomic E-state index is 13.1. The Morgan fingerprint density at radius 3 is 1.47 bits per heavy atom. The summed E-state index contributed by atoms with van der Waals surface area (Å²) in [5.74, 6) is -0.701. The van der Waals surface area contributed by atoms with Crippen molar-refractivity contribution in [3.63, 3.8) is 0 Å². The van der Waals surface area contributed by atoms with Crippen molar-refractivity contribution in [1.82, 2.24) is 5.32 Å². The van der Waals surface area contributed by atoms with Gasteiger partial charge in [0.05, 0.1) is 25.4 Å². The zero-order valence-corrected chi connectivity index (χ0v) is 37.0. The number of allylic oxidation sites excluding steroid dienone is 2. The van der Waals surface area contributed by atoms with Crippen LogP contribution in [0.3, 0.4) is 0 Å². The first-order valence-corrected chi connectivity index (χ1v) is 24.1. The minimum atomic E-state index is -1.66. The molecular weight excluding hydrogens is 739 g/mol. The number of carbonyl (C=O) groups excluding carboxylic acids is 1. The molecule has 0 spiro atoms. The van der Waals surface area contributed by atoms with Crippen molar-refractivity contribution in [1.29, 1.82) is 0 Å². The smallest absolute Gasteiger partial charge is 0.249 e. The molecule has 1 aliphatic heterocycles. The van der Waals surface area contributed by atoms with E-state index in [4.69, 9.17) is 9.47 Å². The maximum atomic E-state index is 13.1. The number of rotatable bonds is 40. The van der Waals surface area contributed by atoms with Gasteiger partial charge in [-0.25, -0.2) is 0 Å². The predicted octanol–water partition coefficient (Wildman–Crippen LogP) is 8.06. The van der Waals surface area contributed by atoms with Crippen LogP contribution in [0.1, 0.15) is 213 Å². The van der Waals surface area contributed by atoms with Crippen LogP contribution in [0.2, 0.25) is 0 Å². The minimum Gasteiger partial charge on any atom is -0.394 e. The Labute approximate surface area is 353 Å². The summed E-state index contributed by atoms with van der Waals surface area (Å²) in [4.78, 5) is 13.1. The van der Waals surface area contributed by atoms with Crippen molar-refractivity contribution in [3.8, 4) is 0 Å². The highest BCUT2D eigenvalue weighted by Gasteiger charge is 2.44. The summed E-state index contributed by atoms with van der Waals surface area (Å²) >= 11 is 0. The van der Waals surface area contributed by atoms with E-state index in [2.05, 4.69) is 31.3 Å². The SMILES string of the molecule is CCCCCC/C=C\CCCCCCCCC(O)C(=O)NC(COC1OC(CO)C(O)C(O)C1O)C(O)C(O)CCCCCCCCCCCCCCCCCCC. The second-order valence-electron chi connectivity index (χ2n) is 17.2. The van der Waals surface area contributed by atoms with E-state index in [0.29, 0.717) is 19.3 Å². The van der Waals surface area contributed by atoms with E-state index in [-0.39, 0.29) is 6.42 Å². The number of hydrogen-bond donors (Lipinski definition) is 8. The molecule has 1 rings (SSSR count). The van der Waals surface area contributed by atoms with Gasteiger partial charge in [-0.05, 0) is 38.5 Å². The van der Waals surface area contributed by atoms with Gasteiger partial charge < -0.3 is 50.5 Å². The van der Waals surface area contributed by atoms with Crippen molar-refractivity contribution < 1.29 is 50.0 Å². The number of aliphatic hydroxyl groups excluding tert-OH is 7. The van der Waals surface area contributed by atoms with Crippen molar-refractivity contribution in [2.75, 3.05) is 13.2 Å². The van der Waals surface area contributed by atoms with Gasteiger partial charge in [0.1, 0.15) is 36.6 Å². The Morgan fingerprint density at radius 2 is 1.00 bits per heavy atom. The van der Waals surface area contributed by atoms with Crippen LogP contribution in [0.4, 0.5) is 0 Å². The summed E-state index contributed by atoms with van der Waals surface area (Å²) in [6.45, 7) is 3.43. The first kappa shape index (κ1) is 54.9. The average molecular weight is 830 g/mol. The first-order chi connectivity index (χ1) is 28.2. The van der Waals surface area contributed by atoms with Crippen LogP contribution >= 0.6 is 0 Å². The van der Waals surface area contributed by atoms with Crippen molar-refractivity contribution in [2.24, 2.45) is 0 Å². The molecule has 1 aliphatic rings. The van der Waals surface area contributed by atoms with Crippen LogP contribution in [0, 0.1) is 0 Å². The standard InChI is InChI=1S/C47H91NO10/c1-3-5-7-9-11-13-15-17-19-20-21-23-24-26-28-30-32-34-39(50)42(52)38(37-57-47-45(55)44(54)43(53)41(36-49)58-47)48-46(56)40(51)35-33-31-29-27-25-22-18-16-14-12-10-8-6-4-2/h14,16,38-45,47,49-55H,3-13,15,17-37H2,1-2H3,(H,48,56)/b16-14-. The van der Waals surface area contributed by atoms with Crippen LogP contribution < -0.4 is 5.32 Å². The molecule has 1 fully saturated rings. The highest BCUT2D eigenvalue weighted by Crippen LogP contribution is 2.23. The Kier molecular flexibility index (Phi) is 35.6. The van der Waals surface area contributed by atoms with Gasteiger partial charge >= 0.3 is 0 Å². The molecule has 0 saturated carbocycles.